The van der Waals surface area contributed by atoms with Crippen LogP contribution in [-0.4, -0.2) is 33.3 Å². The summed E-state index contributed by atoms with van der Waals surface area (Å²) in [4.78, 5) is 15.7. The molecule has 1 fully saturated rings. The number of hydrogen-bond acceptors (Lipinski definition) is 4. The van der Waals surface area contributed by atoms with E-state index in [1.165, 1.54) is 38.2 Å². The van der Waals surface area contributed by atoms with Gasteiger partial charge in [-0.3, -0.25) is 10.0 Å². The van der Waals surface area contributed by atoms with Crippen LogP contribution in [-0.2, 0) is 4.79 Å². The second-order valence-electron chi connectivity index (χ2n) is 6.62. The van der Waals surface area contributed by atoms with Crippen LogP contribution >= 0.6 is 0 Å². The molecule has 1 saturated heterocycles. The molecule has 1 aliphatic rings. The van der Waals surface area contributed by atoms with Crippen molar-refractivity contribution in [3.8, 4) is 0 Å². The highest BCUT2D eigenvalue weighted by Crippen LogP contribution is 2.29. The predicted molar refractivity (Wildman–Crippen MR) is 98.3 cm³/mol. The van der Waals surface area contributed by atoms with Crippen molar-refractivity contribution < 1.29 is 10.0 Å². The topological polar surface area (TPSA) is 79.2 Å². The van der Waals surface area contributed by atoms with E-state index in [9.17, 15) is 4.79 Å². The van der Waals surface area contributed by atoms with Crippen LogP contribution in [0.2, 0.25) is 0 Å². The molecule has 134 valence electrons. The van der Waals surface area contributed by atoms with Crippen molar-refractivity contribution in [2.75, 3.05) is 6.54 Å². The lowest BCUT2D eigenvalue weighted by Gasteiger charge is -2.34. The second-order valence-corrected chi connectivity index (χ2v) is 6.62. The molecule has 6 heteroatoms. The molecule has 3 rings (SSSR count). The van der Waals surface area contributed by atoms with Crippen molar-refractivity contribution in [1.29, 1.82) is 0 Å². The van der Waals surface area contributed by atoms with E-state index in [4.69, 9.17) is 5.21 Å². The molecule has 3 N–H and O–H groups in total. The summed E-state index contributed by atoms with van der Waals surface area (Å²) >= 11 is 0. The number of hydroxylamine groups is 1. The number of benzene rings is 1. The molecule has 0 saturated carbocycles. The molecule has 1 aliphatic heterocycles. The first-order chi connectivity index (χ1) is 12.2. The van der Waals surface area contributed by atoms with Crippen LogP contribution in [0.1, 0.15) is 50.6 Å². The predicted octanol–water partition coefficient (Wildman–Crippen LogP) is 3.04. The fourth-order valence-electron chi connectivity index (χ4n) is 3.61. The fraction of sp³-hybridized carbons (Fsp3) is 0.474. The summed E-state index contributed by atoms with van der Waals surface area (Å²) in [5.74, 6) is -0.544. The third-order valence-corrected chi connectivity index (χ3v) is 4.91. The van der Waals surface area contributed by atoms with Crippen LogP contribution in [0.3, 0.4) is 0 Å². The monoisotopic (exact) mass is 342 g/mol. The van der Waals surface area contributed by atoms with Gasteiger partial charge < -0.3 is 9.88 Å². The Kier molecular flexibility index (Phi) is 5.83. The summed E-state index contributed by atoms with van der Waals surface area (Å²) in [5.41, 5.74) is 4.52. The standard InChI is InChI=1S/C19H26N4O2/c1-2-3-5-15-17(6-4-11-20-15)23-13-21-16-12-14(7-9-18(16)23)8-10-19(24)22-25/h7-10,12-13,15,17,20,25H,2-6,11H2,1H3,(H,22,24)/b10-8+. The molecule has 0 aliphatic carbocycles. The Morgan fingerprint density at radius 1 is 1.52 bits per heavy atom. The minimum Gasteiger partial charge on any atom is -0.326 e. The highest BCUT2D eigenvalue weighted by molar-refractivity contribution is 5.91. The summed E-state index contributed by atoms with van der Waals surface area (Å²) in [5, 5.41) is 12.2. The highest BCUT2D eigenvalue weighted by atomic mass is 16.5. The van der Waals surface area contributed by atoms with Crippen LogP contribution in [0.25, 0.3) is 17.1 Å². The molecule has 6 nitrogen and oxygen atoms in total. The van der Waals surface area contributed by atoms with Gasteiger partial charge >= 0.3 is 0 Å². The van der Waals surface area contributed by atoms with Crippen LogP contribution in [0, 0.1) is 0 Å². The maximum atomic E-state index is 11.1. The van der Waals surface area contributed by atoms with Crippen molar-refractivity contribution in [2.24, 2.45) is 0 Å². The van der Waals surface area contributed by atoms with Crippen LogP contribution in [0.4, 0.5) is 0 Å². The Labute approximate surface area is 147 Å². The molecule has 2 unspecified atom stereocenters. The molecule has 2 aromatic rings. The van der Waals surface area contributed by atoms with Gasteiger partial charge in [-0.15, -0.1) is 0 Å². The van der Waals surface area contributed by atoms with E-state index in [0.717, 1.165) is 23.1 Å². The minimum atomic E-state index is -0.544. The van der Waals surface area contributed by atoms with Crippen molar-refractivity contribution in [2.45, 2.75) is 51.1 Å². The Morgan fingerprint density at radius 2 is 2.40 bits per heavy atom. The Hall–Kier alpha value is -2.18. The molecular formula is C19H26N4O2. The Bertz CT molecular complexity index is 753. The normalized spacial score (nSPS) is 21.0. The average molecular weight is 342 g/mol. The van der Waals surface area contributed by atoms with Gasteiger partial charge in [-0.1, -0.05) is 25.8 Å². The molecule has 2 heterocycles. The summed E-state index contributed by atoms with van der Waals surface area (Å²) in [6.45, 7) is 3.33. The Morgan fingerprint density at radius 3 is 3.20 bits per heavy atom. The number of piperidine rings is 1. The van der Waals surface area contributed by atoms with Crippen molar-refractivity contribution in [3.63, 3.8) is 0 Å². The molecule has 0 bridgehead atoms. The van der Waals surface area contributed by atoms with Gasteiger partial charge in [-0.25, -0.2) is 10.5 Å². The molecule has 25 heavy (non-hydrogen) atoms. The van der Waals surface area contributed by atoms with E-state index in [0.29, 0.717) is 12.1 Å². The van der Waals surface area contributed by atoms with Gasteiger partial charge in [0.2, 0.25) is 0 Å². The molecular weight excluding hydrogens is 316 g/mol. The molecule has 1 aromatic heterocycles. The number of imidazole rings is 1. The van der Waals surface area contributed by atoms with E-state index in [2.05, 4.69) is 27.9 Å². The Balaban J connectivity index is 1.84. The number of nitrogens with one attached hydrogen (secondary N) is 2. The number of hydrogen-bond donors (Lipinski definition) is 3. The lowest BCUT2D eigenvalue weighted by molar-refractivity contribution is -0.124. The number of amides is 1. The van der Waals surface area contributed by atoms with Gasteiger partial charge in [-0.2, -0.15) is 0 Å². The second kappa shape index (κ2) is 8.27. The summed E-state index contributed by atoms with van der Waals surface area (Å²) < 4.78 is 2.30. The third kappa shape index (κ3) is 4.08. The molecule has 0 spiro atoms. The molecule has 0 radical (unpaired) electrons. The van der Waals surface area contributed by atoms with Crippen LogP contribution < -0.4 is 10.8 Å². The third-order valence-electron chi connectivity index (χ3n) is 4.91. The number of carbonyl (C=O) groups excluding carboxylic acids is 1. The fourth-order valence-corrected chi connectivity index (χ4v) is 3.61. The first-order valence-corrected chi connectivity index (χ1v) is 9.05. The molecule has 1 amide bonds. The number of unbranched alkanes of at least 4 members (excludes halogenated alkanes) is 1. The van der Waals surface area contributed by atoms with E-state index in [-0.39, 0.29) is 0 Å². The minimum absolute atomic E-state index is 0.437. The van der Waals surface area contributed by atoms with Gasteiger partial charge in [0.1, 0.15) is 0 Å². The quantitative estimate of drug-likeness (QED) is 0.428. The molecule has 2 atom stereocenters. The van der Waals surface area contributed by atoms with Gasteiger partial charge in [-0.05, 0) is 49.6 Å². The van der Waals surface area contributed by atoms with Gasteiger partial charge in [0, 0.05) is 12.1 Å². The lowest BCUT2D eigenvalue weighted by atomic mass is 9.94. The zero-order chi connectivity index (χ0) is 17.6. The largest absolute Gasteiger partial charge is 0.326 e. The van der Waals surface area contributed by atoms with Crippen LogP contribution in [0.15, 0.2) is 30.6 Å². The zero-order valence-corrected chi connectivity index (χ0v) is 14.6. The zero-order valence-electron chi connectivity index (χ0n) is 14.6. The average Bonchev–Trinajstić information content (AvgIpc) is 3.07. The maximum absolute atomic E-state index is 11.1. The lowest BCUT2D eigenvalue weighted by Crippen LogP contribution is -2.42. The summed E-state index contributed by atoms with van der Waals surface area (Å²) in [6, 6.07) is 6.93. The van der Waals surface area contributed by atoms with Gasteiger partial charge in [0.15, 0.2) is 0 Å². The van der Waals surface area contributed by atoms with Crippen molar-refractivity contribution in [1.82, 2.24) is 20.3 Å². The first kappa shape index (κ1) is 17.6. The first-order valence-electron chi connectivity index (χ1n) is 9.05. The van der Waals surface area contributed by atoms with E-state index in [1.54, 1.807) is 11.6 Å². The number of rotatable bonds is 6. The number of fused-ring (bicyclic) bond motifs is 1. The maximum Gasteiger partial charge on any atom is 0.267 e. The highest BCUT2D eigenvalue weighted by Gasteiger charge is 2.26. The smallest absolute Gasteiger partial charge is 0.267 e. The number of nitrogens with zero attached hydrogens (tertiary/aromatic N) is 2. The van der Waals surface area contributed by atoms with E-state index in [1.807, 2.05) is 18.5 Å². The van der Waals surface area contributed by atoms with E-state index < -0.39 is 5.91 Å². The van der Waals surface area contributed by atoms with Crippen LogP contribution in [0.5, 0.6) is 0 Å². The molecule has 1 aromatic carbocycles. The van der Waals surface area contributed by atoms with Crippen molar-refractivity contribution in [3.05, 3.63) is 36.2 Å². The summed E-state index contributed by atoms with van der Waals surface area (Å²) in [6.07, 6.45) is 10.9. The van der Waals surface area contributed by atoms with E-state index >= 15 is 0 Å². The summed E-state index contributed by atoms with van der Waals surface area (Å²) in [7, 11) is 0. The van der Waals surface area contributed by atoms with Gasteiger partial charge in [0.25, 0.3) is 5.91 Å². The van der Waals surface area contributed by atoms with Gasteiger partial charge in [0.05, 0.1) is 23.4 Å². The SMILES string of the molecule is CCCCC1NCCCC1n1cnc2cc(/C=C/C(=O)NO)ccc21. The number of carbonyl (C=O) groups is 1. The number of aromatic nitrogens is 2. The van der Waals surface area contributed by atoms with Crippen molar-refractivity contribution >= 4 is 23.0 Å².